The van der Waals surface area contributed by atoms with Gasteiger partial charge >= 0.3 is 0 Å². The first-order chi connectivity index (χ1) is 26.8. The fraction of sp³-hybridized carbons (Fsp3) is 0. The van der Waals surface area contributed by atoms with Crippen molar-refractivity contribution < 1.29 is 8.83 Å². The third kappa shape index (κ3) is 4.83. The minimum absolute atomic E-state index is 0.598. The first-order valence-electron chi connectivity index (χ1n) is 18.1. The van der Waals surface area contributed by atoms with E-state index >= 15 is 0 Å². The Bertz CT molecular complexity index is 3160. The van der Waals surface area contributed by atoms with Crippen molar-refractivity contribution >= 4 is 71.9 Å². The van der Waals surface area contributed by atoms with Crippen LogP contribution in [0.3, 0.4) is 0 Å². The van der Waals surface area contributed by atoms with E-state index in [0.717, 1.165) is 72.4 Å². The molecule has 0 aliphatic carbocycles. The standard InChI is InChI=1S/C49H31N3O2/c1-4-14-32(15-5-1)34-18-12-21-36(28-34)51(43-24-13-25-44-48(43)39-22-10-11-23-42(39)52(44)35-19-8-3-9-20-35)37-26-27-38-40-30-41-47(31-46(40)53-45(38)29-37)54-49(50-41)33-16-6-2-7-17-33/h1-31H. The lowest BCUT2D eigenvalue weighted by atomic mass is 10.0. The summed E-state index contributed by atoms with van der Waals surface area (Å²) in [7, 11) is 0. The molecule has 0 atom stereocenters. The zero-order valence-electron chi connectivity index (χ0n) is 29.1. The largest absolute Gasteiger partial charge is 0.456 e. The highest BCUT2D eigenvalue weighted by Gasteiger charge is 2.23. The van der Waals surface area contributed by atoms with Gasteiger partial charge in [-0.3, -0.25) is 0 Å². The van der Waals surface area contributed by atoms with Crippen molar-refractivity contribution in [1.29, 1.82) is 0 Å². The van der Waals surface area contributed by atoms with Gasteiger partial charge in [0, 0.05) is 56.3 Å². The molecule has 0 spiro atoms. The monoisotopic (exact) mass is 693 g/mol. The van der Waals surface area contributed by atoms with E-state index in [0.29, 0.717) is 11.5 Å². The first-order valence-corrected chi connectivity index (χ1v) is 18.1. The zero-order valence-corrected chi connectivity index (χ0v) is 29.1. The van der Waals surface area contributed by atoms with E-state index in [2.05, 4.69) is 161 Å². The minimum atomic E-state index is 0.598. The molecule has 0 saturated carbocycles. The molecule has 254 valence electrons. The number of para-hydroxylation sites is 2. The van der Waals surface area contributed by atoms with Crippen LogP contribution in [0, 0.1) is 0 Å². The number of hydrogen-bond acceptors (Lipinski definition) is 4. The van der Waals surface area contributed by atoms with Gasteiger partial charge in [-0.15, -0.1) is 0 Å². The molecule has 0 saturated heterocycles. The lowest BCUT2D eigenvalue weighted by Gasteiger charge is -2.27. The predicted molar refractivity (Wildman–Crippen MR) is 221 cm³/mol. The van der Waals surface area contributed by atoms with Gasteiger partial charge in [-0.2, -0.15) is 0 Å². The average Bonchev–Trinajstić information content (AvgIpc) is 3.92. The van der Waals surface area contributed by atoms with Gasteiger partial charge in [0.05, 0.1) is 16.7 Å². The molecule has 0 fully saturated rings. The van der Waals surface area contributed by atoms with Gasteiger partial charge in [0.2, 0.25) is 5.89 Å². The minimum Gasteiger partial charge on any atom is -0.456 e. The van der Waals surface area contributed by atoms with Crippen molar-refractivity contribution in [3.05, 3.63) is 188 Å². The van der Waals surface area contributed by atoms with Gasteiger partial charge in [0.25, 0.3) is 0 Å². The Morgan fingerprint density at radius 1 is 0.426 bits per heavy atom. The van der Waals surface area contributed by atoms with E-state index in [1.807, 2.05) is 36.4 Å². The number of hydrogen-bond donors (Lipinski definition) is 0. The number of furan rings is 1. The number of anilines is 3. The van der Waals surface area contributed by atoms with E-state index in [4.69, 9.17) is 13.8 Å². The lowest BCUT2D eigenvalue weighted by Crippen LogP contribution is -2.10. The van der Waals surface area contributed by atoms with Crippen LogP contribution in [0.2, 0.25) is 0 Å². The Morgan fingerprint density at radius 2 is 1.09 bits per heavy atom. The lowest BCUT2D eigenvalue weighted by molar-refractivity contribution is 0.617. The van der Waals surface area contributed by atoms with Crippen LogP contribution in [-0.2, 0) is 0 Å². The van der Waals surface area contributed by atoms with Crippen LogP contribution in [0.15, 0.2) is 197 Å². The Morgan fingerprint density at radius 3 is 1.93 bits per heavy atom. The van der Waals surface area contributed by atoms with Crippen molar-refractivity contribution in [2.24, 2.45) is 0 Å². The van der Waals surface area contributed by atoms with Crippen LogP contribution in [-0.4, -0.2) is 9.55 Å². The highest BCUT2D eigenvalue weighted by molar-refractivity contribution is 6.17. The van der Waals surface area contributed by atoms with Crippen LogP contribution < -0.4 is 4.90 Å². The number of oxazole rings is 1. The summed E-state index contributed by atoms with van der Waals surface area (Å²) in [5, 5.41) is 4.39. The number of rotatable bonds is 6. The third-order valence-electron chi connectivity index (χ3n) is 10.4. The van der Waals surface area contributed by atoms with Crippen LogP contribution in [0.4, 0.5) is 17.1 Å². The van der Waals surface area contributed by atoms with E-state index < -0.39 is 0 Å². The van der Waals surface area contributed by atoms with E-state index in [1.165, 1.54) is 16.3 Å². The topological polar surface area (TPSA) is 47.3 Å². The average molecular weight is 694 g/mol. The molecule has 3 aromatic heterocycles. The fourth-order valence-electron chi connectivity index (χ4n) is 7.95. The summed E-state index contributed by atoms with van der Waals surface area (Å²) in [5.74, 6) is 0.598. The summed E-state index contributed by atoms with van der Waals surface area (Å²) in [6.07, 6.45) is 0. The highest BCUT2D eigenvalue weighted by atomic mass is 16.4. The summed E-state index contributed by atoms with van der Waals surface area (Å²) < 4.78 is 15.2. The number of aromatic nitrogens is 2. The summed E-state index contributed by atoms with van der Waals surface area (Å²) in [6.45, 7) is 0. The van der Waals surface area contributed by atoms with Gasteiger partial charge in [-0.25, -0.2) is 4.98 Å². The molecule has 0 aliphatic rings. The first kappa shape index (κ1) is 30.3. The highest BCUT2D eigenvalue weighted by Crippen LogP contribution is 2.46. The Kier molecular flexibility index (Phi) is 6.79. The molecule has 5 heteroatoms. The molecule has 3 heterocycles. The van der Waals surface area contributed by atoms with Crippen molar-refractivity contribution in [2.45, 2.75) is 0 Å². The molecule has 11 rings (SSSR count). The molecular weight excluding hydrogens is 663 g/mol. The molecule has 0 amide bonds. The van der Waals surface area contributed by atoms with Crippen LogP contribution >= 0.6 is 0 Å². The molecule has 0 bridgehead atoms. The maximum Gasteiger partial charge on any atom is 0.227 e. The van der Waals surface area contributed by atoms with Crippen LogP contribution in [0.25, 0.3) is 83.1 Å². The van der Waals surface area contributed by atoms with Crippen LogP contribution in [0.1, 0.15) is 0 Å². The van der Waals surface area contributed by atoms with E-state index in [9.17, 15) is 0 Å². The van der Waals surface area contributed by atoms with Crippen molar-refractivity contribution in [1.82, 2.24) is 9.55 Å². The van der Waals surface area contributed by atoms with Crippen molar-refractivity contribution in [3.63, 3.8) is 0 Å². The Labute approximate surface area is 310 Å². The van der Waals surface area contributed by atoms with E-state index in [1.54, 1.807) is 0 Å². The number of fused-ring (bicyclic) bond motifs is 7. The summed E-state index contributed by atoms with van der Waals surface area (Å²) in [6, 6.07) is 65.8. The second-order valence-corrected chi connectivity index (χ2v) is 13.6. The quantitative estimate of drug-likeness (QED) is 0.174. The molecule has 0 aliphatic heterocycles. The van der Waals surface area contributed by atoms with Gasteiger partial charge in [-0.05, 0) is 83.9 Å². The Balaban J connectivity index is 1.13. The van der Waals surface area contributed by atoms with Gasteiger partial charge < -0.3 is 18.3 Å². The van der Waals surface area contributed by atoms with Gasteiger partial charge in [0.15, 0.2) is 5.58 Å². The van der Waals surface area contributed by atoms with Crippen molar-refractivity contribution in [3.8, 4) is 28.3 Å². The normalized spacial score (nSPS) is 11.7. The second-order valence-electron chi connectivity index (χ2n) is 13.6. The fourth-order valence-corrected chi connectivity index (χ4v) is 7.95. The molecule has 11 aromatic rings. The summed E-state index contributed by atoms with van der Waals surface area (Å²) in [4.78, 5) is 7.20. The molecule has 0 N–H and O–H groups in total. The molecule has 0 unspecified atom stereocenters. The number of nitrogens with zero attached hydrogens (tertiary/aromatic N) is 3. The Hall–Kier alpha value is -7.37. The maximum atomic E-state index is 6.63. The SMILES string of the molecule is c1ccc(-c2cccc(N(c3ccc4c(c3)oc3cc5oc(-c6ccccc6)nc5cc34)c3cccc4c3c3ccccc3n4-c3ccccc3)c2)cc1. The molecule has 5 nitrogen and oxygen atoms in total. The summed E-state index contributed by atoms with van der Waals surface area (Å²) in [5.41, 5.74) is 12.8. The molecule has 0 radical (unpaired) electrons. The second kappa shape index (κ2) is 12.1. The van der Waals surface area contributed by atoms with Gasteiger partial charge in [-0.1, -0.05) is 103 Å². The molecular formula is C49H31N3O2. The molecule has 54 heavy (non-hydrogen) atoms. The molecule has 8 aromatic carbocycles. The summed E-state index contributed by atoms with van der Waals surface area (Å²) >= 11 is 0. The zero-order chi connectivity index (χ0) is 35.6. The predicted octanol–water partition coefficient (Wildman–Crippen LogP) is 13.6. The van der Waals surface area contributed by atoms with Gasteiger partial charge in [0.1, 0.15) is 16.7 Å². The van der Waals surface area contributed by atoms with Crippen molar-refractivity contribution in [2.75, 3.05) is 4.90 Å². The third-order valence-corrected chi connectivity index (χ3v) is 10.4. The van der Waals surface area contributed by atoms with Crippen LogP contribution in [0.5, 0.6) is 0 Å². The maximum absolute atomic E-state index is 6.63. The number of benzene rings is 8. The smallest absolute Gasteiger partial charge is 0.227 e. The van der Waals surface area contributed by atoms with E-state index in [-0.39, 0.29) is 0 Å².